The molecule has 1 heterocycles. The van der Waals surface area contributed by atoms with Crippen molar-refractivity contribution in [1.82, 2.24) is 0 Å². The molecule has 150 valence electrons. The summed E-state index contributed by atoms with van der Waals surface area (Å²) in [4.78, 5) is 38.9. The van der Waals surface area contributed by atoms with Crippen molar-refractivity contribution in [3.05, 3.63) is 87.4 Å². The van der Waals surface area contributed by atoms with Gasteiger partial charge < -0.3 is 10.6 Å². The Bertz CT molecular complexity index is 1190. The molecule has 0 saturated carbocycles. The van der Waals surface area contributed by atoms with E-state index in [1.807, 2.05) is 0 Å². The topological polar surface area (TPSA) is 78.5 Å². The molecular weight excluding hydrogens is 425 g/mol. The summed E-state index contributed by atoms with van der Waals surface area (Å²) in [5.41, 5.74) is 2.65. The van der Waals surface area contributed by atoms with Gasteiger partial charge in [0.2, 0.25) is 0 Å². The molecule has 0 radical (unpaired) electrons. The number of carbonyl (C=O) groups is 3. The van der Waals surface area contributed by atoms with Gasteiger partial charge in [-0.05, 0) is 67.1 Å². The zero-order valence-corrected chi connectivity index (χ0v) is 17.2. The molecule has 6 nitrogen and oxygen atoms in total. The van der Waals surface area contributed by atoms with E-state index in [-0.39, 0.29) is 16.1 Å². The summed E-state index contributed by atoms with van der Waals surface area (Å²) in [6.07, 6.45) is 0. The monoisotopic (exact) mass is 439 g/mol. The second kappa shape index (κ2) is 7.82. The number of carbonyl (C=O) groups excluding carboxylic acids is 3. The number of aryl methyl sites for hydroxylation is 1. The normalized spacial score (nSPS) is 12.7. The summed E-state index contributed by atoms with van der Waals surface area (Å²) >= 11 is 12.0. The van der Waals surface area contributed by atoms with Crippen LogP contribution in [0.5, 0.6) is 0 Å². The van der Waals surface area contributed by atoms with Crippen LogP contribution >= 0.6 is 23.2 Å². The number of nitrogens with one attached hydrogen (secondary N) is 2. The molecule has 0 aliphatic carbocycles. The van der Waals surface area contributed by atoms with E-state index >= 15 is 0 Å². The Morgan fingerprint density at radius 3 is 2.20 bits per heavy atom. The zero-order valence-electron chi connectivity index (χ0n) is 15.7. The van der Waals surface area contributed by atoms with Gasteiger partial charge in [0.25, 0.3) is 11.8 Å². The summed E-state index contributed by atoms with van der Waals surface area (Å²) in [6, 6.07) is 16.0. The minimum atomic E-state index is -0.468. The molecule has 2 N–H and O–H groups in total. The highest BCUT2D eigenvalue weighted by atomic mass is 35.5. The molecule has 3 aromatic rings. The third-order valence-electron chi connectivity index (χ3n) is 4.66. The van der Waals surface area contributed by atoms with Crippen LogP contribution < -0.4 is 15.5 Å². The van der Waals surface area contributed by atoms with Gasteiger partial charge in [0, 0.05) is 16.4 Å². The highest BCUT2D eigenvalue weighted by Gasteiger charge is 2.38. The van der Waals surface area contributed by atoms with E-state index in [1.165, 1.54) is 0 Å². The molecule has 0 fully saturated rings. The van der Waals surface area contributed by atoms with E-state index in [0.29, 0.717) is 27.6 Å². The molecule has 30 heavy (non-hydrogen) atoms. The Kier molecular flexibility index (Phi) is 5.20. The Morgan fingerprint density at radius 2 is 1.53 bits per heavy atom. The van der Waals surface area contributed by atoms with Crippen molar-refractivity contribution in [2.45, 2.75) is 6.92 Å². The molecule has 0 aromatic heterocycles. The van der Waals surface area contributed by atoms with Crippen LogP contribution in [0.3, 0.4) is 0 Å². The fourth-order valence-corrected chi connectivity index (χ4v) is 3.66. The third kappa shape index (κ3) is 3.63. The van der Waals surface area contributed by atoms with Crippen molar-refractivity contribution in [2.24, 2.45) is 0 Å². The molecular formula is C22H15Cl2N3O3. The second-order valence-electron chi connectivity index (χ2n) is 6.70. The first-order valence-electron chi connectivity index (χ1n) is 8.96. The molecule has 3 aromatic carbocycles. The number of rotatable bonds is 3. The highest BCUT2D eigenvalue weighted by molar-refractivity contribution is 6.42. The SMILES string of the molecule is Cc1cc(NC(=O)Nc2ccc(Cl)cc2)ccc1N1C(=O)c2cccc(Cl)c2C1=O. The van der Waals surface area contributed by atoms with Crippen LogP contribution in [-0.2, 0) is 0 Å². The molecule has 4 amide bonds. The Balaban J connectivity index is 1.53. The molecule has 0 unspecified atom stereocenters. The van der Waals surface area contributed by atoms with Gasteiger partial charge in [-0.1, -0.05) is 29.3 Å². The van der Waals surface area contributed by atoms with Gasteiger partial charge in [-0.2, -0.15) is 0 Å². The number of anilines is 3. The lowest BCUT2D eigenvalue weighted by Crippen LogP contribution is -2.30. The number of fused-ring (bicyclic) bond motifs is 1. The van der Waals surface area contributed by atoms with Crippen molar-refractivity contribution >= 4 is 58.1 Å². The average molecular weight is 440 g/mol. The van der Waals surface area contributed by atoms with Crippen LogP contribution in [-0.4, -0.2) is 17.8 Å². The van der Waals surface area contributed by atoms with Crippen LogP contribution in [0.2, 0.25) is 10.0 Å². The van der Waals surface area contributed by atoms with E-state index < -0.39 is 17.8 Å². The summed E-state index contributed by atoms with van der Waals surface area (Å²) in [5.74, 6) is -0.897. The number of amides is 4. The summed E-state index contributed by atoms with van der Waals surface area (Å²) < 4.78 is 0. The lowest BCUT2D eigenvalue weighted by molar-refractivity contribution is 0.0926. The standard InChI is InChI=1S/C22H15Cl2N3O3/c1-12-11-15(26-22(30)25-14-7-5-13(23)6-8-14)9-10-18(12)27-20(28)16-3-2-4-17(24)19(16)21(27)29/h2-11H,1H3,(H2,25,26,30). The summed E-state index contributed by atoms with van der Waals surface area (Å²) in [6.45, 7) is 1.75. The smallest absolute Gasteiger partial charge is 0.308 e. The number of nitrogens with zero attached hydrogens (tertiary/aromatic N) is 1. The van der Waals surface area contributed by atoms with Crippen molar-refractivity contribution in [3.8, 4) is 0 Å². The maximum absolute atomic E-state index is 12.8. The number of hydrogen-bond acceptors (Lipinski definition) is 3. The van der Waals surface area contributed by atoms with Gasteiger partial charge in [-0.15, -0.1) is 0 Å². The van der Waals surface area contributed by atoms with Gasteiger partial charge in [0.05, 0.1) is 21.8 Å². The van der Waals surface area contributed by atoms with Crippen LogP contribution in [0.25, 0.3) is 0 Å². The van der Waals surface area contributed by atoms with E-state index in [2.05, 4.69) is 10.6 Å². The minimum Gasteiger partial charge on any atom is -0.308 e. The summed E-state index contributed by atoms with van der Waals surface area (Å²) in [5, 5.41) is 6.23. The average Bonchev–Trinajstić information content (AvgIpc) is 2.96. The maximum atomic E-state index is 12.8. The fraction of sp³-hybridized carbons (Fsp3) is 0.0455. The Labute approximate surface area is 182 Å². The van der Waals surface area contributed by atoms with E-state index in [0.717, 1.165) is 4.90 Å². The number of benzene rings is 3. The first kappa shape index (κ1) is 19.9. The minimum absolute atomic E-state index is 0.202. The van der Waals surface area contributed by atoms with Gasteiger partial charge >= 0.3 is 6.03 Å². The lowest BCUT2D eigenvalue weighted by atomic mass is 10.1. The van der Waals surface area contributed by atoms with Gasteiger partial charge in [0.1, 0.15) is 0 Å². The van der Waals surface area contributed by atoms with Crippen molar-refractivity contribution < 1.29 is 14.4 Å². The van der Waals surface area contributed by atoms with Gasteiger partial charge in [-0.3, -0.25) is 9.59 Å². The van der Waals surface area contributed by atoms with Crippen molar-refractivity contribution in [1.29, 1.82) is 0 Å². The van der Waals surface area contributed by atoms with Crippen molar-refractivity contribution in [3.63, 3.8) is 0 Å². The Morgan fingerprint density at radius 1 is 0.867 bits per heavy atom. The first-order valence-corrected chi connectivity index (χ1v) is 9.72. The van der Waals surface area contributed by atoms with E-state index in [9.17, 15) is 14.4 Å². The van der Waals surface area contributed by atoms with Crippen molar-refractivity contribution in [2.75, 3.05) is 15.5 Å². The van der Waals surface area contributed by atoms with Crippen LogP contribution in [0, 0.1) is 6.92 Å². The van der Waals surface area contributed by atoms with E-state index in [4.69, 9.17) is 23.2 Å². The molecule has 0 bridgehead atoms. The molecule has 1 aliphatic rings. The first-order chi connectivity index (χ1) is 14.3. The third-order valence-corrected chi connectivity index (χ3v) is 5.23. The quantitative estimate of drug-likeness (QED) is 0.510. The number of halogens is 2. The van der Waals surface area contributed by atoms with E-state index in [1.54, 1.807) is 67.6 Å². The highest BCUT2D eigenvalue weighted by Crippen LogP contribution is 2.34. The largest absolute Gasteiger partial charge is 0.323 e. The molecule has 1 aliphatic heterocycles. The zero-order chi connectivity index (χ0) is 21.4. The van der Waals surface area contributed by atoms with Crippen LogP contribution in [0.15, 0.2) is 60.7 Å². The number of hydrogen-bond donors (Lipinski definition) is 2. The van der Waals surface area contributed by atoms with Crippen LogP contribution in [0.1, 0.15) is 26.3 Å². The predicted octanol–water partition coefficient (Wildman–Crippen LogP) is 5.75. The van der Waals surface area contributed by atoms with Gasteiger partial charge in [-0.25, -0.2) is 9.69 Å². The lowest BCUT2D eigenvalue weighted by Gasteiger charge is -2.18. The van der Waals surface area contributed by atoms with Gasteiger partial charge in [0.15, 0.2) is 0 Å². The second-order valence-corrected chi connectivity index (χ2v) is 7.54. The molecule has 4 rings (SSSR count). The molecule has 8 heteroatoms. The number of imide groups is 1. The Hall–Kier alpha value is -3.35. The fourth-order valence-electron chi connectivity index (χ4n) is 3.27. The van der Waals surface area contributed by atoms with Crippen LogP contribution in [0.4, 0.5) is 21.9 Å². The predicted molar refractivity (Wildman–Crippen MR) is 118 cm³/mol. The molecule has 0 saturated heterocycles. The molecule has 0 spiro atoms. The number of urea groups is 1. The maximum Gasteiger partial charge on any atom is 0.323 e. The molecule has 0 atom stereocenters. The summed E-state index contributed by atoms with van der Waals surface area (Å²) in [7, 11) is 0.